The van der Waals surface area contributed by atoms with Gasteiger partial charge in [-0.2, -0.15) is 0 Å². The Hall–Kier alpha value is 3.17. The summed E-state index contributed by atoms with van der Waals surface area (Å²) in [7, 11) is 0. The molecule has 0 saturated carbocycles. The molecule has 0 saturated heterocycles. The summed E-state index contributed by atoms with van der Waals surface area (Å²) >= 11 is 24.1. The summed E-state index contributed by atoms with van der Waals surface area (Å²) in [5.74, 6) is -1.20. The Balaban J connectivity index is 0. The Morgan fingerprint density at radius 3 is 0.875 bits per heavy atom. The fraction of sp³-hybridized carbons (Fsp3) is 0. The monoisotopic (exact) mass is 404 g/mol. The van der Waals surface area contributed by atoms with E-state index in [1.54, 1.807) is 0 Å². The lowest BCUT2D eigenvalue weighted by molar-refractivity contribution is 4.58. The minimum Gasteiger partial charge on any atom is -0.0596 e. The number of rotatable bonds is 0. The first-order valence-electron chi connectivity index (χ1n) is 1.01. The summed E-state index contributed by atoms with van der Waals surface area (Å²) in [6.45, 7) is 0. The third-order valence-corrected chi connectivity index (χ3v) is 0. The van der Waals surface area contributed by atoms with Crippen molar-refractivity contribution in [2.75, 3.05) is 0 Å². The molecular formula is Br3Cl3P2. The maximum absolute atomic E-state index is 4.87. The van der Waals surface area contributed by atoms with Gasteiger partial charge in [-0.3, -0.25) is 0 Å². The molecule has 0 aliphatic carbocycles. The Morgan fingerprint density at radius 2 is 0.875 bits per heavy atom. The number of hydrogen-bond acceptors (Lipinski definition) is 0. The van der Waals surface area contributed by atoms with E-state index >= 15 is 0 Å². The fourth-order valence-corrected chi connectivity index (χ4v) is 0. The van der Waals surface area contributed by atoms with Gasteiger partial charge in [0.1, 0.15) is 4.03 Å². The molecule has 0 aromatic heterocycles. The van der Waals surface area contributed by atoms with Crippen molar-refractivity contribution < 1.29 is 0 Å². The molecule has 0 spiro atoms. The van der Waals surface area contributed by atoms with E-state index in [2.05, 4.69) is 46.5 Å². The molecule has 0 radical (unpaired) electrons. The first-order chi connectivity index (χ1) is 3.46. The summed E-state index contributed by atoms with van der Waals surface area (Å²) in [5.41, 5.74) is 0. The van der Waals surface area contributed by atoms with Crippen LogP contribution in [0.4, 0.5) is 0 Å². The van der Waals surface area contributed by atoms with E-state index in [-0.39, 0.29) is 4.03 Å². The first kappa shape index (κ1) is 13.7. The predicted molar refractivity (Wildman–Crippen MR) is 58.2 cm³/mol. The van der Waals surface area contributed by atoms with E-state index in [1.165, 1.54) is 0 Å². The van der Waals surface area contributed by atoms with Crippen LogP contribution in [0.25, 0.3) is 0 Å². The highest BCUT2D eigenvalue weighted by Gasteiger charge is 1.80. The van der Waals surface area contributed by atoms with Gasteiger partial charge >= 0.3 is 0 Å². The van der Waals surface area contributed by atoms with Gasteiger partial charge in [-0.1, -0.05) is 33.7 Å². The maximum atomic E-state index is 4.87. The molecule has 0 atom stereocenters. The Labute approximate surface area is 89.1 Å². The summed E-state index contributed by atoms with van der Waals surface area (Å²) < 4.78 is -0.183. The first-order valence-corrected chi connectivity index (χ1v) is 12.5. The maximum Gasteiger partial charge on any atom is 0.179 e. The summed E-state index contributed by atoms with van der Waals surface area (Å²) in [6.07, 6.45) is 0. The van der Waals surface area contributed by atoms with Crippen molar-refractivity contribution in [1.82, 2.24) is 0 Å². The lowest BCUT2D eigenvalue weighted by Gasteiger charge is -1.70. The number of halogens is 6. The second kappa shape index (κ2) is 10.2. The van der Waals surface area contributed by atoms with Crippen LogP contribution in [0.2, 0.25) is 0 Å². The normalized spacial score (nSPS) is 9.00. The summed E-state index contributed by atoms with van der Waals surface area (Å²) in [6, 6.07) is 0. The molecule has 0 heterocycles. The van der Waals surface area contributed by atoms with Gasteiger partial charge in [-0.25, -0.2) is 0 Å². The smallest absolute Gasteiger partial charge is 0.0596 e. The summed E-state index contributed by atoms with van der Waals surface area (Å²) in [4.78, 5) is 0. The third-order valence-electron chi connectivity index (χ3n) is 0. The third kappa shape index (κ3) is 60.9. The highest BCUT2D eigenvalue weighted by atomic mass is 80.0. The van der Waals surface area contributed by atoms with Gasteiger partial charge in [0.2, 0.25) is 0 Å². The highest BCUT2D eigenvalue weighted by molar-refractivity contribution is 9.93. The zero-order valence-corrected chi connectivity index (χ0v) is 12.0. The zero-order valence-electron chi connectivity index (χ0n) is 3.16. The van der Waals surface area contributed by atoms with E-state index in [0.717, 1.165) is 0 Å². The zero-order chi connectivity index (χ0) is 7.15. The molecule has 0 bridgehead atoms. The van der Waals surface area contributed by atoms with E-state index in [4.69, 9.17) is 33.7 Å². The van der Waals surface area contributed by atoms with Crippen LogP contribution in [0.3, 0.4) is 0 Å². The molecule has 0 aromatic carbocycles. The van der Waals surface area contributed by atoms with Crippen LogP contribution in [-0.2, 0) is 0 Å². The molecule has 8 heteroatoms. The summed E-state index contributed by atoms with van der Waals surface area (Å²) in [5, 5.41) is 0. The van der Waals surface area contributed by atoms with Crippen LogP contribution in [-0.4, -0.2) is 0 Å². The van der Waals surface area contributed by atoms with Crippen LogP contribution >= 0.6 is 90.2 Å². The van der Waals surface area contributed by atoms with E-state index in [1.807, 2.05) is 0 Å². The molecule has 0 N–H and O–H groups in total. The fourth-order valence-electron chi connectivity index (χ4n) is 0. The average Bonchev–Trinajstić information content (AvgIpc) is 1.25. The van der Waals surface area contributed by atoms with Gasteiger partial charge in [0.25, 0.3) is 0 Å². The standard InChI is InChI=1S/Br3P.Cl3P/c2*1-4(2)3. The minimum absolute atomic E-state index is 0.183. The highest BCUT2D eigenvalue weighted by Crippen LogP contribution is 2.59. The van der Waals surface area contributed by atoms with Crippen LogP contribution in [0.1, 0.15) is 0 Å². The van der Waals surface area contributed by atoms with E-state index in [9.17, 15) is 0 Å². The van der Waals surface area contributed by atoms with Crippen molar-refractivity contribution in [2.45, 2.75) is 0 Å². The molecule has 0 fully saturated rings. The van der Waals surface area contributed by atoms with Crippen molar-refractivity contribution in [3.63, 3.8) is 0 Å². The molecule has 0 aromatic rings. The van der Waals surface area contributed by atoms with Gasteiger partial charge in [-0.15, -0.1) is 0 Å². The molecule has 8 heavy (non-hydrogen) atoms. The van der Waals surface area contributed by atoms with Crippen LogP contribution in [0.5, 0.6) is 0 Å². The lowest BCUT2D eigenvalue weighted by atomic mass is 30.4. The van der Waals surface area contributed by atoms with Crippen LogP contribution < -0.4 is 0 Å². The van der Waals surface area contributed by atoms with Crippen LogP contribution in [0, 0.1) is 0 Å². The number of hydrogen-bond donors (Lipinski definition) is 0. The van der Waals surface area contributed by atoms with Gasteiger partial charge < -0.3 is 0 Å². The molecule has 0 aliphatic rings. The van der Waals surface area contributed by atoms with Gasteiger partial charge in [-0.05, 0) is 46.5 Å². The average molecular weight is 408 g/mol. The van der Waals surface area contributed by atoms with Crippen molar-refractivity contribution in [2.24, 2.45) is 0 Å². The molecule has 0 rings (SSSR count). The van der Waals surface area contributed by atoms with E-state index in [0.29, 0.717) is 0 Å². The van der Waals surface area contributed by atoms with Gasteiger partial charge in [0.05, 0.1) is 0 Å². The van der Waals surface area contributed by atoms with Crippen molar-refractivity contribution >= 4 is 90.2 Å². The largest absolute Gasteiger partial charge is 0.179 e. The van der Waals surface area contributed by atoms with Crippen molar-refractivity contribution in [3.05, 3.63) is 0 Å². The Morgan fingerprint density at radius 1 is 0.875 bits per heavy atom. The quantitative estimate of drug-likeness (QED) is 0.411. The van der Waals surface area contributed by atoms with E-state index < -0.39 is 5.98 Å². The Kier molecular flexibility index (Phi) is 17.5. The minimum atomic E-state index is -1.20. The predicted octanol–water partition coefficient (Wildman–Crippen LogP) is 6.33. The molecule has 0 amide bonds. The second-order valence-corrected chi connectivity index (χ2v) is 20.7. The molecule has 0 nitrogen and oxygen atoms in total. The second-order valence-electron chi connectivity index (χ2n) is 0.383. The SMILES string of the molecule is BrP(Br)Br.ClP(Cl)Cl. The molecular weight excluding hydrogens is 408 g/mol. The van der Waals surface area contributed by atoms with Crippen LogP contribution in [0.15, 0.2) is 0 Å². The van der Waals surface area contributed by atoms with Gasteiger partial charge in [0, 0.05) is 0 Å². The van der Waals surface area contributed by atoms with Gasteiger partial charge in [0.15, 0.2) is 5.98 Å². The Bertz CT molecular complexity index is 28.0. The van der Waals surface area contributed by atoms with Crippen molar-refractivity contribution in [1.29, 1.82) is 0 Å². The van der Waals surface area contributed by atoms with Crippen molar-refractivity contribution in [3.8, 4) is 0 Å². The lowest BCUT2D eigenvalue weighted by Crippen LogP contribution is -0.958. The molecule has 52 valence electrons. The topological polar surface area (TPSA) is 0 Å². The molecule has 0 aliphatic heterocycles. The molecule has 0 unspecified atom stereocenters.